The number of thiol groups is 2. The van der Waals surface area contributed by atoms with Crippen molar-refractivity contribution in [3.63, 3.8) is 0 Å². The standard InChI is InChI=1S/C14H6N2S5/c17-7-1-3-9-11(15-5-19-9)13(7)21-14-8(18)2-4-10-12(14)16-6-20-10/h1-4,17-18H/q-2. The van der Waals surface area contributed by atoms with Gasteiger partial charge in [-0.1, -0.05) is 32.6 Å². The van der Waals surface area contributed by atoms with Crippen molar-refractivity contribution < 1.29 is 0 Å². The van der Waals surface area contributed by atoms with E-state index in [-0.39, 0.29) is 0 Å². The number of benzene rings is 2. The van der Waals surface area contributed by atoms with Crippen LogP contribution in [0.25, 0.3) is 20.4 Å². The molecule has 0 N–H and O–H groups in total. The molecule has 2 heterocycles. The molecule has 0 saturated carbocycles. The molecule has 0 aliphatic rings. The monoisotopic (exact) mass is 362 g/mol. The maximum Gasteiger partial charge on any atom is 0.00569 e. The largest absolute Gasteiger partial charge is 0.385 e. The number of fused-ring (bicyclic) bond motifs is 2. The molecule has 2 aromatic carbocycles. The highest BCUT2D eigenvalue weighted by Crippen LogP contribution is 2.43. The highest BCUT2D eigenvalue weighted by atomic mass is 32.2. The van der Waals surface area contributed by atoms with Crippen LogP contribution in [-0.2, 0) is 0 Å². The fraction of sp³-hybridized carbons (Fsp3) is 0. The van der Waals surface area contributed by atoms with E-state index in [1.807, 2.05) is 24.3 Å². The van der Waals surface area contributed by atoms with E-state index in [9.17, 15) is 0 Å². The summed E-state index contributed by atoms with van der Waals surface area (Å²) in [5.41, 5.74) is 7.75. The molecule has 0 saturated heterocycles. The Balaban J connectivity index is 1.94. The van der Waals surface area contributed by atoms with Crippen molar-refractivity contribution in [3.8, 4) is 0 Å². The Bertz CT molecular complexity index is 878. The van der Waals surface area contributed by atoms with Crippen LogP contribution >= 0.6 is 59.7 Å². The molecule has 2 nitrogen and oxygen atoms in total. The van der Waals surface area contributed by atoms with E-state index in [0.717, 1.165) is 40.0 Å². The lowest BCUT2D eigenvalue weighted by atomic mass is 10.3. The van der Waals surface area contributed by atoms with Crippen LogP contribution in [0.5, 0.6) is 0 Å². The predicted molar refractivity (Wildman–Crippen MR) is 95.5 cm³/mol. The molecule has 0 spiro atoms. The van der Waals surface area contributed by atoms with Crippen molar-refractivity contribution in [1.82, 2.24) is 9.97 Å². The third-order valence-electron chi connectivity index (χ3n) is 2.98. The second kappa shape index (κ2) is 5.48. The van der Waals surface area contributed by atoms with Crippen LogP contribution in [0.3, 0.4) is 0 Å². The minimum absolute atomic E-state index is 0.899. The van der Waals surface area contributed by atoms with Gasteiger partial charge in [-0.25, -0.2) is 0 Å². The zero-order chi connectivity index (χ0) is 14.4. The van der Waals surface area contributed by atoms with E-state index < -0.39 is 0 Å². The number of rotatable bonds is 2. The SMILES string of the molecule is Sc1ccc2s[c-]nc2c1Sc1c(S)ccc2s[c-]nc12. The summed E-state index contributed by atoms with van der Waals surface area (Å²) >= 11 is 13.8. The van der Waals surface area contributed by atoms with Gasteiger partial charge in [0.2, 0.25) is 0 Å². The van der Waals surface area contributed by atoms with Crippen molar-refractivity contribution in [2.24, 2.45) is 0 Å². The molecule has 0 aliphatic carbocycles. The smallest absolute Gasteiger partial charge is 0.00569 e. The average Bonchev–Trinajstić information content (AvgIpc) is 3.12. The lowest BCUT2D eigenvalue weighted by Crippen LogP contribution is -1.83. The van der Waals surface area contributed by atoms with Gasteiger partial charge < -0.3 is 9.97 Å². The molecule has 2 aromatic heterocycles. The summed E-state index contributed by atoms with van der Waals surface area (Å²) in [6, 6.07) is 8.03. The van der Waals surface area contributed by atoms with Crippen LogP contribution in [0.2, 0.25) is 0 Å². The van der Waals surface area contributed by atoms with Gasteiger partial charge in [0.15, 0.2) is 0 Å². The van der Waals surface area contributed by atoms with E-state index in [4.69, 9.17) is 0 Å². The highest BCUT2D eigenvalue weighted by Gasteiger charge is 2.07. The van der Waals surface area contributed by atoms with Gasteiger partial charge >= 0.3 is 0 Å². The van der Waals surface area contributed by atoms with Gasteiger partial charge in [0.05, 0.1) is 0 Å². The van der Waals surface area contributed by atoms with Crippen molar-refractivity contribution in [2.75, 3.05) is 0 Å². The molecular weight excluding hydrogens is 357 g/mol. The summed E-state index contributed by atoms with van der Waals surface area (Å²) in [4.78, 5) is 12.5. The summed E-state index contributed by atoms with van der Waals surface area (Å²) in [7, 11) is 0. The summed E-state index contributed by atoms with van der Waals surface area (Å²) in [6.45, 7) is 0. The van der Waals surface area contributed by atoms with E-state index in [2.05, 4.69) is 46.2 Å². The fourth-order valence-electron chi connectivity index (χ4n) is 2.00. The maximum atomic E-state index is 4.57. The summed E-state index contributed by atoms with van der Waals surface area (Å²) < 4.78 is 2.21. The van der Waals surface area contributed by atoms with Gasteiger partial charge in [-0.3, -0.25) is 22.7 Å². The second-order valence-electron chi connectivity index (χ2n) is 4.23. The van der Waals surface area contributed by atoms with Gasteiger partial charge in [0.1, 0.15) is 0 Å². The molecule has 4 rings (SSSR count). The first-order valence-electron chi connectivity index (χ1n) is 5.89. The summed E-state index contributed by atoms with van der Waals surface area (Å²) in [5, 5.41) is 0. The Morgan fingerprint density at radius 1 is 0.810 bits per heavy atom. The average molecular weight is 363 g/mol. The van der Waals surface area contributed by atoms with E-state index in [1.165, 1.54) is 22.7 Å². The Labute approximate surface area is 144 Å². The van der Waals surface area contributed by atoms with Crippen molar-refractivity contribution in [2.45, 2.75) is 19.6 Å². The van der Waals surface area contributed by atoms with Crippen molar-refractivity contribution in [3.05, 3.63) is 35.3 Å². The second-order valence-corrected chi connectivity index (χ2v) is 7.87. The van der Waals surface area contributed by atoms with Gasteiger partial charge in [-0.15, -0.1) is 49.2 Å². The first-order valence-corrected chi connectivity index (χ1v) is 9.23. The van der Waals surface area contributed by atoms with Crippen LogP contribution in [0.15, 0.2) is 43.8 Å². The minimum Gasteiger partial charge on any atom is -0.385 e. The lowest BCUT2D eigenvalue weighted by Gasteiger charge is -2.16. The molecule has 0 atom stereocenters. The van der Waals surface area contributed by atoms with Gasteiger partial charge in [-0.2, -0.15) is 0 Å². The molecule has 21 heavy (non-hydrogen) atoms. The zero-order valence-electron chi connectivity index (χ0n) is 10.3. The van der Waals surface area contributed by atoms with Gasteiger partial charge in [-0.05, 0) is 20.8 Å². The van der Waals surface area contributed by atoms with E-state index in [0.29, 0.717) is 0 Å². The van der Waals surface area contributed by atoms with Crippen molar-refractivity contribution in [1.29, 1.82) is 0 Å². The Kier molecular flexibility index (Phi) is 3.63. The number of aromatic nitrogens is 2. The highest BCUT2D eigenvalue weighted by molar-refractivity contribution is 8.00. The van der Waals surface area contributed by atoms with Crippen LogP contribution in [0, 0.1) is 11.0 Å². The number of nitrogens with zero attached hydrogens (tertiary/aromatic N) is 2. The molecule has 4 aromatic rings. The molecule has 0 fully saturated rings. The first-order chi connectivity index (χ1) is 10.2. The minimum atomic E-state index is 0.899. The van der Waals surface area contributed by atoms with Crippen LogP contribution < -0.4 is 0 Å². The molecule has 7 heteroatoms. The number of hydrogen-bond acceptors (Lipinski definition) is 7. The zero-order valence-corrected chi connectivity index (χ0v) is 14.6. The topological polar surface area (TPSA) is 25.8 Å². The summed E-state index contributed by atoms with van der Waals surface area (Å²) in [6.07, 6.45) is 0. The molecule has 104 valence electrons. The summed E-state index contributed by atoms with van der Waals surface area (Å²) in [5.74, 6) is 0. The van der Waals surface area contributed by atoms with Crippen molar-refractivity contribution >= 4 is 80.1 Å². The molecule has 0 aliphatic heterocycles. The van der Waals surface area contributed by atoms with Crippen LogP contribution in [0.4, 0.5) is 0 Å². The van der Waals surface area contributed by atoms with E-state index >= 15 is 0 Å². The fourth-order valence-corrected chi connectivity index (χ4v) is 5.05. The molecule has 0 amide bonds. The predicted octanol–water partition coefficient (Wildman–Crippen LogP) is 5.23. The lowest BCUT2D eigenvalue weighted by molar-refractivity contribution is 1.23. The third-order valence-corrected chi connectivity index (χ3v) is 6.72. The first kappa shape index (κ1) is 13.9. The van der Waals surface area contributed by atoms with Crippen LogP contribution in [-0.4, -0.2) is 9.97 Å². The normalized spacial score (nSPS) is 11.5. The van der Waals surface area contributed by atoms with E-state index in [1.54, 1.807) is 11.8 Å². The Hall–Kier alpha value is -0.730. The molecular formula is C14H6N2S5-2. The molecule has 0 radical (unpaired) electrons. The molecule has 0 bridgehead atoms. The maximum absolute atomic E-state index is 4.57. The number of hydrogen-bond donors (Lipinski definition) is 2. The van der Waals surface area contributed by atoms with Crippen LogP contribution in [0.1, 0.15) is 0 Å². The third kappa shape index (κ3) is 2.37. The van der Waals surface area contributed by atoms with Gasteiger partial charge in [0.25, 0.3) is 0 Å². The Morgan fingerprint density at radius 3 is 1.76 bits per heavy atom. The Morgan fingerprint density at radius 2 is 1.29 bits per heavy atom. The number of thiazole rings is 2. The molecule has 0 unspecified atom stereocenters. The van der Waals surface area contributed by atoms with Gasteiger partial charge in [0, 0.05) is 9.79 Å². The quantitative estimate of drug-likeness (QED) is 0.377.